The monoisotopic (exact) mass is 491 g/mol. The van der Waals surface area contributed by atoms with Gasteiger partial charge in [-0.25, -0.2) is 4.79 Å². The van der Waals surface area contributed by atoms with E-state index in [1.54, 1.807) is 5.32 Å². The number of hydrogen-bond acceptors (Lipinski definition) is 6. The molecule has 0 aliphatic rings. The quantitative estimate of drug-likeness (QED) is 0.108. The summed E-state index contributed by atoms with van der Waals surface area (Å²) in [5.74, 6) is -13.5. The smallest absolute Gasteiger partial charge is 0.412 e. The fraction of sp³-hybridized carbons (Fsp3) is 0.733. The van der Waals surface area contributed by atoms with Gasteiger partial charge in [-0.3, -0.25) is 9.35 Å². The van der Waals surface area contributed by atoms with E-state index in [-0.39, 0.29) is 13.0 Å². The Morgan fingerprint density at radius 2 is 1.61 bits per heavy atom. The Kier molecular flexibility index (Phi) is 9.49. The molecule has 16 heteroatoms. The van der Waals surface area contributed by atoms with Gasteiger partial charge < -0.3 is 14.8 Å². The molecule has 0 fully saturated rings. The summed E-state index contributed by atoms with van der Waals surface area (Å²) < 4.78 is 131. The first kappa shape index (κ1) is 29.1. The van der Waals surface area contributed by atoms with Gasteiger partial charge in [0.2, 0.25) is 0 Å². The SMILES string of the molecule is C=C(C)C(=O)OC(OCCCC(F)(F)C(F)(F)S(=O)(=O)O)(C(=O)NCCC)C(F)(F)F. The average molecular weight is 491 g/mol. The third kappa shape index (κ3) is 6.77. The second kappa shape index (κ2) is 10.1. The number of rotatable bonds is 12. The zero-order chi connectivity index (χ0) is 24.9. The minimum atomic E-state index is -6.55. The van der Waals surface area contributed by atoms with Gasteiger partial charge in [-0.15, -0.1) is 0 Å². The first-order valence-corrected chi connectivity index (χ1v) is 9.81. The van der Waals surface area contributed by atoms with Crippen LogP contribution in [-0.4, -0.2) is 61.1 Å². The summed E-state index contributed by atoms with van der Waals surface area (Å²) in [4.78, 5) is 23.7. The number of carbonyl (C=O) groups excluding carboxylic acids is 2. The average Bonchev–Trinajstić information content (AvgIpc) is 2.59. The van der Waals surface area contributed by atoms with Crippen LogP contribution in [0.2, 0.25) is 0 Å². The third-order valence-corrected chi connectivity index (χ3v) is 4.43. The fourth-order valence-electron chi connectivity index (χ4n) is 1.83. The Hall–Kier alpha value is -1.94. The van der Waals surface area contributed by atoms with Crippen molar-refractivity contribution < 1.29 is 62.8 Å². The van der Waals surface area contributed by atoms with Crippen molar-refractivity contribution in [3.63, 3.8) is 0 Å². The van der Waals surface area contributed by atoms with Crippen LogP contribution < -0.4 is 5.32 Å². The zero-order valence-corrected chi connectivity index (χ0v) is 17.0. The number of amides is 1. The molecule has 0 heterocycles. The van der Waals surface area contributed by atoms with Crippen LogP contribution in [0.4, 0.5) is 30.7 Å². The molecule has 182 valence electrons. The number of hydrogen-bond donors (Lipinski definition) is 2. The third-order valence-electron chi connectivity index (χ3n) is 3.48. The van der Waals surface area contributed by atoms with Gasteiger partial charge in [0.1, 0.15) is 0 Å². The van der Waals surface area contributed by atoms with Gasteiger partial charge in [-0.05, 0) is 19.8 Å². The minimum absolute atomic E-state index is 0.144. The molecule has 31 heavy (non-hydrogen) atoms. The highest BCUT2D eigenvalue weighted by molar-refractivity contribution is 7.87. The molecule has 0 bridgehead atoms. The summed E-state index contributed by atoms with van der Waals surface area (Å²) in [7, 11) is -6.55. The van der Waals surface area contributed by atoms with E-state index in [0.717, 1.165) is 6.92 Å². The highest BCUT2D eigenvalue weighted by atomic mass is 32.2. The molecule has 0 saturated carbocycles. The lowest BCUT2D eigenvalue weighted by atomic mass is 10.2. The summed E-state index contributed by atoms with van der Waals surface area (Å²) >= 11 is 0. The standard InChI is InChI=1S/C15H20F7NO7S/c1-4-7-23-11(25)13(14(18,19)20,30-10(24)9(2)3)29-8-5-6-12(16,17)15(21,22)31(26,27)28/h2,4-8H2,1,3H3,(H,23,25)(H,26,27,28). The van der Waals surface area contributed by atoms with Gasteiger partial charge in [0, 0.05) is 18.5 Å². The lowest BCUT2D eigenvalue weighted by Gasteiger charge is -2.33. The highest BCUT2D eigenvalue weighted by Crippen LogP contribution is 2.42. The van der Waals surface area contributed by atoms with Gasteiger partial charge in [0.25, 0.3) is 0 Å². The van der Waals surface area contributed by atoms with E-state index in [4.69, 9.17) is 4.55 Å². The van der Waals surface area contributed by atoms with Gasteiger partial charge in [-0.2, -0.15) is 39.2 Å². The van der Waals surface area contributed by atoms with Crippen molar-refractivity contribution in [2.24, 2.45) is 0 Å². The summed E-state index contributed by atoms with van der Waals surface area (Å²) in [6, 6.07) is 0. The molecule has 0 aliphatic carbocycles. The molecule has 1 unspecified atom stereocenters. The molecular formula is C15H20F7NO7S. The van der Waals surface area contributed by atoms with E-state index in [2.05, 4.69) is 16.1 Å². The van der Waals surface area contributed by atoms with Crippen LogP contribution in [0.15, 0.2) is 12.2 Å². The number of carbonyl (C=O) groups is 2. The summed E-state index contributed by atoms with van der Waals surface area (Å²) in [6.45, 7) is 3.60. The normalized spacial score (nSPS) is 15.2. The molecule has 2 N–H and O–H groups in total. The number of alkyl halides is 7. The Labute approximate surface area is 172 Å². The molecule has 0 aromatic heterocycles. The minimum Gasteiger partial charge on any atom is -0.412 e. The summed E-state index contributed by atoms with van der Waals surface area (Å²) in [5.41, 5.74) is -0.583. The molecule has 0 aromatic carbocycles. The van der Waals surface area contributed by atoms with E-state index in [1.807, 2.05) is 0 Å². The number of ether oxygens (including phenoxy) is 2. The van der Waals surface area contributed by atoms with Crippen LogP contribution in [0.25, 0.3) is 0 Å². The Bertz CT molecular complexity index is 783. The zero-order valence-electron chi connectivity index (χ0n) is 16.2. The molecule has 0 saturated heterocycles. The highest BCUT2D eigenvalue weighted by Gasteiger charge is 2.67. The van der Waals surface area contributed by atoms with Crippen molar-refractivity contribution in [2.75, 3.05) is 13.2 Å². The number of esters is 1. The van der Waals surface area contributed by atoms with Crippen molar-refractivity contribution in [3.05, 3.63) is 12.2 Å². The number of nitrogens with one attached hydrogen (secondary N) is 1. The van der Waals surface area contributed by atoms with Crippen LogP contribution in [-0.2, 0) is 29.2 Å². The molecule has 0 radical (unpaired) electrons. The number of halogens is 7. The molecule has 8 nitrogen and oxygen atoms in total. The van der Waals surface area contributed by atoms with Crippen LogP contribution in [0.5, 0.6) is 0 Å². The Morgan fingerprint density at radius 3 is 2.00 bits per heavy atom. The topological polar surface area (TPSA) is 119 Å². The van der Waals surface area contributed by atoms with E-state index in [0.29, 0.717) is 0 Å². The van der Waals surface area contributed by atoms with E-state index >= 15 is 0 Å². The summed E-state index contributed by atoms with van der Waals surface area (Å²) in [5, 5.41) is -4.18. The predicted octanol–water partition coefficient (Wildman–Crippen LogP) is 2.80. The first-order chi connectivity index (χ1) is 13.8. The van der Waals surface area contributed by atoms with Gasteiger partial charge in [0.15, 0.2) is 0 Å². The van der Waals surface area contributed by atoms with Crippen LogP contribution in [0.1, 0.15) is 33.1 Å². The van der Waals surface area contributed by atoms with Gasteiger partial charge in [-0.1, -0.05) is 13.5 Å². The molecule has 0 rings (SSSR count). The van der Waals surface area contributed by atoms with E-state index in [1.165, 1.54) is 6.92 Å². The van der Waals surface area contributed by atoms with Crippen molar-refractivity contribution >= 4 is 22.0 Å². The van der Waals surface area contributed by atoms with Crippen molar-refractivity contribution in [3.8, 4) is 0 Å². The van der Waals surface area contributed by atoms with Crippen molar-refractivity contribution in [1.82, 2.24) is 5.32 Å². The molecule has 0 aromatic rings. The molecular weight excluding hydrogens is 471 g/mol. The van der Waals surface area contributed by atoms with E-state index < -0.39 is 70.2 Å². The summed E-state index contributed by atoms with van der Waals surface area (Å²) in [6.07, 6.45) is -9.03. The Balaban J connectivity index is 5.71. The fourth-order valence-corrected chi connectivity index (χ4v) is 2.31. The van der Waals surface area contributed by atoms with Gasteiger partial charge in [0.05, 0.1) is 6.61 Å². The maximum absolute atomic E-state index is 13.6. The van der Waals surface area contributed by atoms with Crippen LogP contribution in [0.3, 0.4) is 0 Å². The molecule has 1 atom stereocenters. The Morgan fingerprint density at radius 1 is 1.10 bits per heavy atom. The lowest BCUT2D eigenvalue weighted by molar-refractivity contribution is -0.347. The molecule has 1 amide bonds. The second-order valence-electron chi connectivity index (χ2n) is 6.19. The lowest BCUT2D eigenvalue weighted by Crippen LogP contribution is -2.61. The van der Waals surface area contributed by atoms with E-state index in [9.17, 15) is 48.7 Å². The maximum atomic E-state index is 13.6. The first-order valence-electron chi connectivity index (χ1n) is 8.37. The second-order valence-corrected chi connectivity index (χ2v) is 7.65. The van der Waals surface area contributed by atoms with Crippen LogP contribution >= 0.6 is 0 Å². The van der Waals surface area contributed by atoms with Gasteiger partial charge >= 0.3 is 45.1 Å². The largest absolute Gasteiger partial charge is 0.466 e. The maximum Gasteiger partial charge on any atom is 0.466 e. The van der Waals surface area contributed by atoms with Crippen LogP contribution in [0, 0.1) is 0 Å². The molecule has 0 spiro atoms. The molecule has 0 aliphatic heterocycles. The van der Waals surface area contributed by atoms with Crippen molar-refractivity contribution in [2.45, 2.75) is 56.3 Å². The van der Waals surface area contributed by atoms with Crippen molar-refractivity contribution in [1.29, 1.82) is 0 Å². The predicted molar refractivity (Wildman–Crippen MR) is 89.6 cm³/mol.